The van der Waals surface area contributed by atoms with Gasteiger partial charge in [-0.3, -0.25) is 0 Å². The van der Waals surface area contributed by atoms with Crippen LogP contribution in [-0.4, -0.2) is 6.54 Å². The van der Waals surface area contributed by atoms with Gasteiger partial charge < -0.3 is 5.32 Å². The normalized spacial score (nSPS) is 12.6. The Bertz CT molecular complexity index is 556. The zero-order valence-corrected chi connectivity index (χ0v) is 14.4. The molecular weight excluding hydrogens is 393 g/mol. The Morgan fingerprint density at radius 3 is 2.68 bits per heavy atom. The largest absolute Gasteiger partial charge is 0.310 e. The summed E-state index contributed by atoms with van der Waals surface area (Å²) in [5.74, 6) is -0.224. The highest BCUT2D eigenvalue weighted by Crippen LogP contribution is 2.27. The molecular formula is C14H14Br2FNS. The molecule has 5 heteroatoms. The van der Waals surface area contributed by atoms with E-state index in [0.29, 0.717) is 4.47 Å². The highest BCUT2D eigenvalue weighted by molar-refractivity contribution is 9.10. The number of halogens is 3. The molecule has 19 heavy (non-hydrogen) atoms. The number of hydrogen-bond acceptors (Lipinski definition) is 2. The van der Waals surface area contributed by atoms with E-state index in [0.717, 1.165) is 23.0 Å². The highest BCUT2D eigenvalue weighted by Gasteiger charge is 2.14. The maximum absolute atomic E-state index is 13.3. The fourth-order valence-electron chi connectivity index (χ4n) is 1.95. The van der Waals surface area contributed by atoms with E-state index in [1.165, 1.54) is 10.9 Å². The van der Waals surface area contributed by atoms with Crippen LogP contribution in [0.5, 0.6) is 0 Å². The van der Waals surface area contributed by atoms with Crippen molar-refractivity contribution in [1.29, 1.82) is 0 Å². The topological polar surface area (TPSA) is 12.0 Å². The van der Waals surface area contributed by atoms with Crippen molar-refractivity contribution in [3.63, 3.8) is 0 Å². The molecule has 0 aliphatic heterocycles. The second-order valence-electron chi connectivity index (χ2n) is 4.22. The van der Waals surface area contributed by atoms with Crippen molar-refractivity contribution in [3.8, 4) is 0 Å². The Kier molecular flexibility index (Phi) is 5.57. The van der Waals surface area contributed by atoms with Crippen LogP contribution in [-0.2, 0) is 6.42 Å². The van der Waals surface area contributed by atoms with Crippen molar-refractivity contribution in [2.45, 2.75) is 19.4 Å². The minimum atomic E-state index is -0.224. The Labute approximate surface area is 133 Å². The Morgan fingerprint density at radius 2 is 2.11 bits per heavy atom. The first-order valence-electron chi connectivity index (χ1n) is 6.01. The summed E-state index contributed by atoms with van der Waals surface area (Å²) in [4.78, 5) is 1.30. The average Bonchev–Trinajstić information content (AvgIpc) is 2.78. The molecule has 0 spiro atoms. The summed E-state index contributed by atoms with van der Waals surface area (Å²) >= 11 is 8.45. The third-order valence-corrected chi connectivity index (χ3v) is 5.15. The number of thiophene rings is 1. The first kappa shape index (κ1) is 15.2. The molecule has 102 valence electrons. The van der Waals surface area contributed by atoms with Crippen LogP contribution in [0.25, 0.3) is 0 Å². The van der Waals surface area contributed by atoms with Gasteiger partial charge in [-0.2, -0.15) is 0 Å². The zero-order valence-electron chi connectivity index (χ0n) is 10.4. The van der Waals surface area contributed by atoms with Crippen LogP contribution >= 0.6 is 43.2 Å². The third-order valence-electron chi connectivity index (χ3n) is 2.82. The first-order chi connectivity index (χ1) is 9.10. The van der Waals surface area contributed by atoms with Gasteiger partial charge in [0.15, 0.2) is 0 Å². The van der Waals surface area contributed by atoms with Gasteiger partial charge in [-0.1, -0.05) is 13.0 Å². The Morgan fingerprint density at radius 1 is 1.32 bits per heavy atom. The molecule has 1 aromatic carbocycles. The maximum Gasteiger partial charge on any atom is 0.137 e. The summed E-state index contributed by atoms with van der Waals surface area (Å²) in [6.45, 7) is 2.96. The molecule has 0 aliphatic rings. The van der Waals surface area contributed by atoms with Crippen LogP contribution in [0.4, 0.5) is 4.39 Å². The van der Waals surface area contributed by atoms with E-state index in [4.69, 9.17) is 0 Å². The van der Waals surface area contributed by atoms with Crippen LogP contribution in [0.1, 0.15) is 23.4 Å². The van der Waals surface area contributed by atoms with Crippen molar-refractivity contribution >= 4 is 43.2 Å². The molecule has 0 fully saturated rings. The molecule has 0 amide bonds. The molecule has 1 aromatic heterocycles. The van der Waals surface area contributed by atoms with Crippen molar-refractivity contribution in [3.05, 3.63) is 54.8 Å². The number of nitrogens with one attached hydrogen (secondary N) is 1. The molecule has 0 saturated carbocycles. The van der Waals surface area contributed by atoms with Gasteiger partial charge in [0.1, 0.15) is 5.82 Å². The van der Waals surface area contributed by atoms with Crippen molar-refractivity contribution in [2.24, 2.45) is 0 Å². The van der Waals surface area contributed by atoms with E-state index in [2.05, 4.69) is 55.5 Å². The summed E-state index contributed by atoms with van der Waals surface area (Å²) in [6.07, 6.45) is 0.905. The molecule has 1 N–H and O–H groups in total. The highest BCUT2D eigenvalue weighted by atomic mass is 79.9. The summed E-state index contributed by atoms with van der Waals surface area (Å²) in [7, 11) is 0. The second-order valence-corrected chi connectivity index (χ2v) is 6.98. The SMILES string of the molecule is CCNC(Cc1cc(Br)cs1)c1ccc(F)c(Br)c1. The second kappa shape index (κ2) is 6.97. The first-order valence-corrected chi connectivity index (χ1v) is 8.48. The number of benzene rings is 1. The van der Waals surface area contributed by atoms with E-state index < -0.39 is 0 Å². The number of likely N-dealkylation sites (N-methyl/N-ethyl adjacent to an activating group) is 1. The maximum atomic E-state index is 13.3. The van der Waals surface area contributed by atoms with Crippen LogP contribution in [0.2, 0.25) is 0 Å². The molecule has 0 aliphatic carbocycles. The summed E-state index contributed by atoms with van der Waals surface area (Å²) in [5.41, 5.74) is 1.10. The lowest BCUT2D eigenvalue weighted by molar-refractivity contribution is 0.550. The zero-order chi connectivity index (χ0) is 13.8. The molecule has 0 saturated heterocycles. The van der Waals surface area contributed by atoms with Gasteiger partial charge >= 0.3 is 0 Å². The standard InChI is InChI=1S/C14H14Br2FNS/c1-2-18-14(7-11-6-10(15)8-19-11)9-3-4-13(17)12(16)5-9/h3-6,8,14,18H,2,7H2,1H3. The molecule has 1 heterocycles. The number of hydrogen-bond donors (Lipinski definition) is 1. The van der Waals surface area contributed by atoms with Crippen molar-refractivity contribution in [2.75, 3.05) is 6.54 Å². The lowest BCUT2D eigenvalue weighted by Crippen LogP contribution is -2.22. The fraction of sp³-hybridized carbons (Fsp3) is 0.286. The van der Waals surface area contributed by atoms with Crippen LogP contribution < -0.4 is 5.32 Å². The predicted molar refractivity (Wildman–Crippen MR) is 86.2 cm³/mol. The number of rotatable bonds is 5. The lowest BCUT2D eigenvalue weighted by Gasteiger charge is -2.18. The molecule has 2 rings (SSSR count). The Balaban J connectivity index is 2.21. The molecule has 1 unspecified atom stereocenters. The smallest absolute Gasteiger partial charge is 0.137 e. The molecule has 0 radical (unpaired) electrons. The molecule has 1 atom stereocenters. The van der Waals surface area contributed by atoms with E-state index in [9.17, 15) is 4.39 Å². The van der Waals surface area contributed by atoms with Gasteiger partial charge in [-0.25, -0.2) is 4.39 Å². The molecule has 1 nitrogen and oxygen atoms in total. The monoisotopic (exact) mass is 405 g/mol. The fourth-order valence-corrected chi connectivity index (χ4v) is 3.84. The van der Waals surface area contributed by atoms with E-state index >= 15 is 0 Å². The van der Waals surface area contributed by atoms with Gasteiger partial charge in [-0.05, 0) is 62.2 Å². The van der Waals surface area contributed by atoms with Gasteiger partial charge in [0.25, 0.3) is 0 Å². The summed E-state index contributed by atoms with van der Waals surface area (Å²) < 4.78 is 14.9. The van der Waals surface area contributed by atoms with E-state index in [1.54, 1.807) is 11.3 Å². The lowest BCUT2D eigenvalue weighted by atomic mass is 10.0. The van der Waals surface area contributed by atoms with Gasteiger partial charge in [-0.15, -0.1) is 11.3 Å². The van der Waals surface area contributed by atoms with Crippen molar-refractivity contribution < 1.29 is 4.39 Å². The van der Waals surface area contributed by atoms with Crippen LogP contribution in [0, 0.1) is 5.82 Å². The minimum absolute atomic E-state index is 0.201. The van der Waals surface area contributed by atoms with Crippen LogP contribution in [0.15, 0.2) is 38.6 Å². The third kappa shape index (κ3) is 4.12. The van der Waals surface area contributed by atoms with Crippen molar-refractivity contribution in [1.82, 2.24) is 5.32 Å². The van der Waals surface area contributed by atoms with Gasteiger partial charge in [0.05, 0.1) is 4.47 Å². The quantitative estimate of drug-likeness (QED) is 0.709. The average molecular weight is 407 g/mol. The molecule has 0 bridgehead atoms. The Hall–Kier alpha value is -0.230. The van der Waals surface area contributed by atoms with E-state index in [-0.39, 0.29) is 11.9 Å². The summed E-state index contributed by atoms with van der Waals surface area (Å²) in [6, 6.07) is 7.54. The van der Waals surface area contributed by atoms with Gasteiger partial charge in [0.2, 0.25) is 0 Å². The minimum Gasteiger partial charge on any atom is -0.310 e. The van der Waals surface area contributed by atoms with Gasteiger partial charge in [0, 0.05) is 27.2 Å². The molecule has 2 aromatic rings. The van der Waals surface area contributed by atoms with E-state index in [1.807, 2.05) is 12.1 Å². The predicted octanol–water partition coefficient (Wildman–Crippen LogP) is 5.31. The van der Waals surface area contributed by atoms with Crippen LogP contribution in [0.3, 0.4) is 0 Å². The summed E-state index contributed by atoms with van der Waals surface area (Å²) in [5, 5.41) is 5.53.